The minimum atomic E-state index is -4.05. The summed E-state index contributed by atoms with van der Waals surface area (Å²) in [4.78, 5) is 28.2. The van der Waals surface area contributed by atoms with Crippen molar-refractivity contribution in [3.63, 3.8) is 0 Å². The normalized spacial score (nSPS) is 12.0. The zero-order valence-corrected chi connectivity index (χ0v) is 22.7. The second-order valence-electron chi connectivity index (χ2n) is 8.89. The highest BCUT2D eigenvalue weighted by Gasteiger charge is 2.33. The average molecular weight is 522 g/mol. The van der Waals surface area contributed by atoms with Crippen molar-refractivity contribution in [2.24, 2.45) is 0 Å². The molecule has 0 radical (unpaired) electrons. The Balaban J connectivity index is 2.05. The average Bonchev–Trinajstić information content (AvgIpc) is 2.91. The van der Waals surface area contributed by atoms with Gasteiger partial charge in [0.25, 0.3) is 10.0 Å². The minimum absolute atomic E-state index is 0.0888. The van der Waals surface area contributed by atoms with E-state index < -0.39 is 28.5 Å². The molecule has 7 nitrogen and oxygen atoms in total. The van der Waals surface area contributed by atoms with Crippen LogP contribution < -0.4 is 9.62 Å². The third kappa shape index (κ3) is 6.77. The van der Waals surface area contributed by atoms with Crippen molar-refractivity contribution in [1.82, 2.24) is 10.2 Å². The summed E-state index contributed by atoms with van der Waals surface area (Å²) in [5, 5.41) is 2.64. The number of amides is 2. The van der Waals surface area contributed by atoms with E-state index in [1.165, 1.54) is 24.1 Å². The Hall–Kier alpha value is -3.65. The van der Waals surface area contributed by atoms with Crippen LogP contribution in [-0.4, -0.2) is 44.8 Å². The van der Waals surface area contributed by atoms with E-state index in [9.17, 15) is 18.0 Å². The maximum absolute atomic E-state index is 13.9. The van der Waals surface area contributed by atoms with Crippen LogP contribution in [0.2, 0.25) is 0 Å². The van der Waals surface area contributed by atoms with Crippen LogP contribution >= 0.6 is 0 Å². The molecule has 0 spiro atoms. The zero-order valence-electron chi connectivity index (χ0n) is 21.8. The third-order valence-electron chi connectivity index (χ3n) is 6.31. The number of aryl methyl sites for hydroxylation is 2. The van der Waals surface area contributed by atoms with Crippen molar-refractivity contribution in [3.8, 4) is 0 Å². The maximum Gasteiger partial charge on any atom is 0.264 e. The highest BCUT2D eigenvalue weighted by atomic mass is 32.2. The second kappa shape index (κ2) is 12.5. The first-order valence-corrected chi connectivity index (χ1v) is 13.9. The Labute approximate surface area is 220 Å². The second-order valence-corrected chi connectivity index (χ2v) is 10.8. The summed E-state index contributed by atoms with van der Waals surface area (Å²) in [6.07, 6.45) is 1.19. The highest BCUT2D eigenvalue weighted by molar-refractivity contribution is 7.92. The first kappa shape index (κ1) is 27.9. The first-order chi connectivity index (χ1) is 17.7. The van der Waals surface area contributed by atoms with E-state index in [4.69, 9.17) is 0 Å². The van der Waals surface area contributed by atoms with Crippen molar-refractivity contribution in [2.45, 2.75) is 51.1 Å². The fourth-order valence-electron chi connectivity index (χ4n) is 4.24. The Morgan fingerprint density at radius 1 is 0.892 bits per heavy atom. The smallest absolute Gasteiger partial charge is 0.264 e. The molecule has 0 aliphatic carbocycles. The maximum atomic E-state index is 13.9. The van der Waals surface area contributed by atoms with Crippen LogP contribution in [0.4, 0.5) is 5.69 Å². The van der Waals surface area contributed by atoms with Crippen molar-refractivity contribution in [3.05, 3.63) is 95.6 Å². The van der Waals surface area contributed by atoms with Gasteiger partial charge in [-0.15, -0.1) is 0 Å². The third-order valence-corrected chi connectivity index (χ3v) is 8.10. The van der Waals surface area contributed by atoms with Gasteiger partial charge in [0.1, 0.15) is 12.6 Å². The van der Waals surface area contributed by atoms with E-state index in [0.29, 0.717) is 12.1 Å². The van der Waals surface area contributed by atoms with E-state index in [0.717, 1.165) is 27.4 Å². The van der Waals surface area contributed by atoms with Crippen LogP contribution in [0, 0.1) is 6.92 Å². The number of carbonyl (C=O) groups excluding carboxylic acids is 2. The summed E-state index contributed by atoms with van der Waals surface area (Å²) < 4.78 is 28.6. The van der Waals surface area contributed by atoms with Crippen LogP contribution in [0.1, 0.15) is 37.0 Å². The molecule has 2 amide bonds. The molecule has 1 N–H and O–H groups in total. The van der Waals surface area contributed by atoms with E-state index in [1.807, 2.05) is 57.2 Å². The molecule has 37 heavy (non-hydrogen) atoms. The van der Waals surface area contributed by atoms with Gasteiger partial charge in [0.2, 0.25) is 11.8 Å². The number of hydrogen-bond donors (Lipinski definition) is 1. The van der Waals surface area contributed by atoms with Crippen molar-refractivity contribution in [1.29, 1.82) is 0 Å². The lowest BCUT2D eigenvalue weighted by Gasteiger charge is -2.33. The molecule has 0 heterocycles. The topological polar surface area (TPSA) is 86.8 Å². The number of benzene rings is 3. The van der Waals surface area contributed by atoms with Crippen molar-refractivity contribution < 1.29 is 18.0 Å². The van der Waals surface area contributed by atoms with Crippen LogP contribution in [0.15, 0.2) is 83.8 Å². The van der Waals surface area contributed by atoms with Gasteiger partial charge in [0.05, 0.1) is 10.6 Å². The molecule has 0 bridgehead atoms. The fraction of sp³-hybridized carbons (Fsp3) is 0.310. The standard InChI is InChI=1S/C29H35N3O4S/c1-5-23-15-17-25(18-16-23)32(37(35,36)26-13-8-7-9-14-26)21-28(33)31(27(6-2)29(34)30-4)20-24-12-10-11-22(3)19-24/h7-19,27H,5-6,20-21H2,1-4H3,(H,30,34)/t27-/m1/s1. The Morgan fingerprint density at radius 2 is 1.57 bits per heavy atom. The van der Waals surface area contributed by atoms with Crippen molar-refractivity contribution in [2.75, 3.05) is 17.9 Å². The van der Waals surface area contributed by atoms with Gasteiger partial charge in [-0.25, -0.2) is 8.42 Å². The monoisotopic (exact) mass is 521 g/mol. The molecular weight excluding hydrogens is 486 g/mol. The number of carbonyl (C=O) groups is 2. The molecule has 3 rings (SSSR count). The van der Waals surface area contributed by atoms with Gasteiger partial charge in [-0.2, -0.15) is 0 Å². The zero-order chi connectivity index (χ0) is 27.0. The Morgan fingerprint density at radius 3 is 2.14 bits per heavy atom. The van der Waals surface area contributed by atoms with Gasteiger partial charge >= 0.3 is 0 Å². The van der Waals surface area contributed by atoms with E-state index >= 15 is 0 Å². The van der Waals surface area contributed by atoms with Crippen LogP contribution in [0.5, 0.6) is 0 Å². The fourth-order valence-corrected chi connectivity index (χ4v) is 5.67. The highest BCUT2D eigenvalue weighted by Crippen LogP contribution is 2.25. The van der Waals surface area contributed by atoms with E-state index in [2.05, 4.69) is 5.32 Å². The van der Waals surface area contributed by atoms with Gasteiger partial charge in [0.15, 0.2) is 0 Å². The van der Waals surface area contributed by atoms with Gasteiger partial charge in [0, 0.05) is 13.6 Å². The molecule has 0 fully saturated rings. The number of anilines is 1. The quantitative estimate of drug-likeness (QED) is 0.408. The van der Waals surface area contributed by atoms with Gasteiger partial charge in [-0.1, -0.05) is 74.0 Å². The number of nitrogens with zero attached hydrogens (tertiary/aromatic N) is 2. The first-order valence-electron chi connectivity index (χ1n) is 12.4. The van der Waals surface area contributed by atoms with E-state index in [1.54, 1.807) is 30.3 Å². The lowest BCUT2D eigenvalue weighted by Crippen LogP contribution is -2.51. The predicted octanol–water partition coefficient (Wildman–Crippen LogP) is 4.31. The summed E-state index contributed by atoms with van der Waals surface area (Å²) in [6.45, 7) is 5.55. The number of rotatable bonds is 11. The summed E-state index contributed by atoms with van der Waals surface area (Å²) in [5.74, 6) is -0.760. The molecule has 0 saturated heterocycles. The number of nitrogens with one attached hydrogen (secondary N) is 1. The Bertz CT molecular complexity index is 1310. The van der Waals surface area contributed by atoms with E-state index in [-0.39, 0.29) is 17.3 Å². The summed E-state index contributed by atoms with van der Waals surface area (Å²) >= 11 is 0. The molecule has 0 aliphatic rings. The molecule has 0 unspecified atom stereocenters. The van der Waals surface area contributed by atoms with Crippen LogP contribution in [-0.2, 0) is 32.6 Å². The SMILES string of the molecule is CCc1ccc(N(CC(=O)N(Cc2cccc(C)c2)[C@H](CC)C(=O)NC)S(=O)(=O)c2ccccc2)cc1. The van der Waals surface area contributed by atoms with Gasteiger partial charge in [-0.05, 0) is 55.2 Å². The number of likely N-dealkylation sites (N-methyl/N-ethyl adjacent to an activating group) is 1. The molecular formula is C29H35N3O4S. The van der Waals surface area contributed by atoms with Crippen molar-refractivity contribution >= 4 is 27.5 Å². The molecule has 3 aromatic carbocycles. The molecule has 196 valence electrons. The summed E-state index contributed by atoms with van der Waals surface area (Å²) in [6, 6.07) is 22.2. The van der Waals surface area contributed by atoms with Crippen LogP contribution in [0.25, 0.3) is 0 Å². The van der Waals surface area contributed by atoms with Gasteiger partial charge < -0.3 is 10.2 Å². The summed E-state index contributed by atoms with van der Waals surface area (Å²) in [5.41, 5.74) is 3.33. The largest absolute Gasteiger partial charge is 0.357 e. The molecule has 0 aromatic heterocycles. The van der Waals surface area contributed by atoms with Crippen LogP contribution in [0.3, 0.4) is 0 Å². The molecule has 0 saturated carbocycles. The molecule has 0 aliphatic heterocycles. The lowest BCUT2D eigenvalue weighted by atomic mass is 10.1. The minimum Gasteiger partial charge on any atom is -0.357 e. The predicted molar refractivity (Wildman–Crippen MR) is 147 cm³/mol. The lowest BCUT2D eigenvalue weighted by molar-refractivity contribution is -0.140. The molecule has 8 heteroatoms. The molecule has 1 atom stereocenters. The number of hydrogen-bond acceptors (Lipinski definition) is 4. The number of sulfonamides is 1. The summed E-state index contributed by atoms with van der Waals surface area (Å²) in [7, 11) is -2.53. The Kier molecular flexibility index (Phi) is 9.47. The van der Waals surface area contributed by atoms with Gasteiger partial charge in [-0.3, -0.25) is 13.9 Å². The molecule has 3 aromatic rings.